The lowest BCUT2D eigenvalue weighted by atomic mass is 10.1. The van der Waals surface area contributed by atoms with Crippen LogP contribution in [0.1, 0.15) is 20.8 Å². The predicted molar refractivity (Wildman–Crippen MR) is 105 cm³/mol. The van der Waals surface area contributed by atoms with Crippen molar-refractivity contribution in [3.05, 3.63) is 69.1 Å². The second-order valence-electron chi connectivity index (χ2n) is 5.53. The Morgan fingerprint density at radius 2 is 2.04 bits per heavy atom. The zero-order valence-corrected chi connectivity index (χ0v) is 16.0. The Morgan fingerprint density at radius 3 is 2.67 bits per heavy atom. The number of carboxylic acid groups (broad SMARTS) is 1. The Hall–Kier alpha value is -2.77. The molecule has 140 valence electrons. The van der Waals surface area contributed by atoms with Crippen molar-refractivity contribution in [2.75, 3.05) is 12.4 Å². The summed E-state index contributed by atoms with van der Waals surface area (Å²) < 4.78 is 11.7. The Kier molecular flexibility index (Phi) is 6.16. The van der Waals surface area contributed by atoms with Crippen molar-refractivity contribution < 1.29 is 19.4 Å². The zero-order chi connectivity index (χ0) is 19.2. The van der Waals surface area contributed by atoms with Crippen molar-refractivity contribution >= 4 is 34.6 Å². The van der Waals surface area contributed by atoms with Crippen molar-refractivity contribution in [2.45, 2.75) is 13.2 Å². The highest BCUT2D eigenvalue weighted by Gasteiger charge is 2.20. The van der Waals surface area contributed by atoms with Crippen molar-refractivity contribution in [1.82, 2.24) is 4.98 Å². The summed E-state index contributed by atoms with van der Waals surface area (Å²) in [4.78, 5) is 16.5. The highest BCUT2D eigenvalue weighted by Crippen LogP contribution is 2.39. The molecule has 0 radical (unpaired) electrons. The number of nitrogens with zero attached hydrogens (tertiary/aromatic N) is 1. The lowest BCUT2D eigenvalue weighted by molar-refractivity contribution is 0.0697. The van der Waals surface area contributed by atoms with E-state index in [9.17, 15) is 9.90 Å². The fourth-order valence-electron chi connectivity index (χ4n) is 2.51. The van der Waals surface area contributed by atoms with Gasteiger partial charge in [0.1, 0.15) is 6.61 Å². The minimum Gasteiger partial charge on any atom is -0.491 e. The molecule has 0 saturated carbocycles. The van der Waals surface area contributed by atoms with Crippen LogP contribution in [0.4, 0.5) is 5.69 Å². The molecule has 1 aromatic heterocycles. The zero-order valence-electron chi connectivity index (χ0n) is 14.4. The molecule has 3 rings (SSSR count). The molecule has 2 N–H and O–H groups in total. The maximum Gasteiger partial charge on any atom is 0.337 e. The number of hydrogen-bond donors (Lipinski definition) is 2. The number of thiazole rings is 1. The minimum atomic E-state index is -1.06. The normalized spacial score (nSPS) is 10.4. The average molecular weight is 405 g/mol. The lowest BCUT2D eigenvalue weighted by Crippen LogP contribution is -2.09. The molecule has 8 heteroatoms. The van der Waals surface area contributed by atoms with Gasteiger partial charge in [-0.2, -0.15) is 0 Å². The summed E-state index contributed by atoms with van der Waals surface area (Å²) in [6.45, 7) is 0.705. The summed E-state index contributed by atoms with van der Waals surface area (Å²) in [7, 11) is 1.48. The summed E-state index contributed by atoms with van der Waals surface area (Å²) in [6.07, 6.45) is 1.64. The number of nitrogens with one attached hydrogen (secondary N) is 1. The van der Waals surface area contributed by atoms with Gasteiger partial charge in [0.25, 0.3) is 0 Å². The Labute approximate surface area is 165 Å². The summed E-state index contributed by atoms with van der Waals surface area (Å²) in [5.41, 5.74) is 1.44. The molecule has 2 aromatic carbocycles. The first-order chi connectivity index (χ1) is 13.1. The van der Waals surface area contributed by atoms with Crippen LogP contribution in [-0.2, 0) is 13.2 Å². The van der Waals surface area contributed by atoms with Crippen LogP contribution >= 0.6 is 22.9 Å². The van der Waals surface area contributed by atoms with Crippen LogP contribution < -0.4 is 14.8 Å². The Bertz CT molecular complexity index is 931. The third kappa shape index (κ3) is 4.69. The summed E-state index contributed by atoms with van der Waals surface area (Å²) >= 11 is 7.17. The van der Waals surface area contributed by atoms with Crippen molar-refractivity contribution in [2.24, 2.45) is 0 Å². The van der Waals surface area contributed by atoms with Gasteiger partial charge in [-0.05, 0) is 17.7 Å². The molecule has 0 aliphatic rings. The lowest BCUT2D eigenvalue weighted by Gasteiger charge is -2.17. The molecular formula is C19H17ClN2O4S. The van der Waals surface area contributed by atoms with Gasteiger partial charge in [-0.3, -0.25) is 0 Å². The maximum absolute atomic E-state index is 11.6. The molecule has 3 aromatic rings. The van der Waals surface area contributed by atoms with Crippen molar-refractivity contribution in [3.8, 4) is 11.5 Å². The first kappa shape index (κ1) is 19.0. The van der Waals surface area contributed by atoms with E-state index < -0.39 is 5.97 Å². The van der Waals surface area contributed by atoms with E-state index in [0.29, 0.717) is 34.8 Å². The topological polar surface area (TPSA) is 80.7 Å². The standard InChI is InChI=1S/C19H17ClN2O4S/c1-25-17-15(26-11-12-5-3-2-4-6-12)8-7-14(18(23)24)16(17)21-9-13-10-22-19(20)27-13/h2-8,10,21H,9,11H2,1H3,(H,23,24). The van der Waals surface area contributed by atoms with Gasteiger partial charge in [0, 0.05) is 11.1 Å². The quantitative estimate of drug-likeness (QED) is 0.566. The number of aromatic nitrogens is 1. The number of ether oxygens (including phenoxy) is 2. The second kappa shape index (κ2) is 8.75. The molecule has 0 fully saturated rings. The molecule has 0 bridgehead atoms. The predicted octanol–water partition coefficient (Wildman–Crippen LogP) is 4.69. The van der Waals surface area contributed by atoms with E-state index in [1.165, 1.54) is 24.5 Å². The van der Waals surface area contributed by atoms with E-state index in [0.717, 1.165) is 10.4 Å². The molecular weight excluding hydrogens is 388 g/mol. The number of halogens is 1. The average Bonchev–Trinajstić information content (AvgIpc) is 3.10. The van der Waals surface area contributed by atoms with Gasteiger partial charge >= 0.3 is 5.97 Å². The van der Waals surface area contributed by atoms with Crippen LogP contribution in [0, 0.1) is 0 Å². The fraction of sp³-hybridized carbons (Fsp3) is 0.158. The second-order valence-corrected chi connectivity index (χ2v) is 7.23. The van der Waals surface area contributed by atoms with Crippen LogP contribution in [0.2, 0.25) is 4.47 Å². The highest BCUT2D eigenvalue weighted by atomic mass is 35.5. The van der Waals surface area contributed by atoms with E-state index in [-0.39, 0.29) is 5.56 Å². The van der Waals surface area contributed by atoms with Gasteiger partial charge in [0.05, 0.1) is 24.9 Å². The Morgan fingerprint density at radius 1 is 1.26 bits per heavy atom. The minimum absolute atomic E-state index is 0.0922. The number of anilines is 1. The van der Waals surface area contributed by atoms with Crippen molar-refractivity contribution in [1.29, 1.82) is 0 Å². The number of rotatable bonds is 8. The molecule has 1 heterocycles. The van der Waals surface area contributed by atoms with Gasteiger partial charge in [-0.25, -0.2) is 9.78 Å². The van der Waals surface area contributed by atoms with Crippen molar-refractivity contribution in [3.63, 3.8) is 0 Å². The van der Waals surface area contributed by atoms with E-state index in [2.05, 4.69) is 10.3 Å². The third-order valence-corrected chi connectivity index (χ3v) is 4.87. The molecule has 0 amide bonds. The van der Waals surface area contributed by atoms with Gasteiger partial charge in [0.2, 0.25) is 0 Å². The van der Waals surface area contributed by atoms with Gasteiger partial charge in [-0.1, -0.05) is 41.9 Å². The van der Waals surface area contributed by atoms with Crippen LogP contribution in [0.15, 0.2) is 48.7 Å². The number of carboxylic acids is 1. The van der Waals surface area contributed by atoms with Crippen LogP contribution in [0.5, 0.6) is 11.5 Å². The summed E-state index contributed by atoms with van der Waals surface area (Å²) in [5, 5.41) is 12.6. The first-order valence-corrected chi connectivity index (χ1v) is 9.23. The van der Waals surface area contributed by atoms with Gasteiger partial charge in [0.15, 0.2) is 16.0 Å². The monoisotopic (exact) mass is 404 g/mol. The van der Waals surface area contributed by atoms with E-state index in [4.69, 9.17) is 21.1 Å². The molecule has 6 nitrogen and oxygen atoms in total. The summed E-state index contributed by atoms with van der Waals surface area (Å²) in [6, 6.07) is 12.8. The molecule has 0 aliphatic heterocycles. The molecule has 0 saturated heterocycles. The smallest absolute Gasteiger partial charge is 0.337 e. The van der Waals surface area contributed by atoms with E-state index in [1.807, 2.05) is 30.3 Å². The number of carbonyl (C=O) groups is 1. The third-order valence-electron chi connectivity index (χ3n) is 3.76. The first-order valence-electron chi connectivity index (χ1n) is 8.03. The fourth-order valence-corrected chi connectivity index (χ4v) is 3.43. The number of benzene rings is 2. The molecule has 0 aliphatic carbocycles. The van der Waals surface area contributed by atoms with E-state index in [1.54, 1.807) is 12.3 Å². The SMILES string of the molecule is COc1c(OCc2ccccc2)ccc(C(=O)O)c1NCc1cnc(Cl)s1. The largest absolute Gasteiger partial charge is 0.491 e. The van der Waals surface area contributed by atoms with Gasteiger partial charge in [-0.15, -0.1) is 11.3 Å². The van der Waals surface area contributed by atoms with Crippen LogP contribution in [-0.4, -0.2) is 23.2 Å². The highest BCUT2D eigenvalue weighted by molar-refractivity contribution is 7.15. The molecule has 0 spiro atoms. The summed E-state index contributed by atoms with van der Waals surface area (Å²) in [5.74, 6) is -0.273. The van der Waals surface area contributed by atoms with E-state index >= 15 is 0 Å². The number of hydrogen-bond acceptors (Lipinski definition) is 6. The van der Waals surface area contributed by atoms with Gasteiger partial charge < -0.3 is 19.9 Å². The van der Waals surface area contributed by atoms with Crippen LogP contribution in [0.3, 0.4) is 0 Å². The maximum atomic E-state index is 11.6. The van der Waals surface area contributed by atoms with Crippen LogP contribution in [0.25, 0.3) is 0 Å². The number of aromatic carboxylic acids is 1. The number of methoxy groups -OCH3 is 1. The molecule has 0 atom stereocenters. The molecule has 0 unspecified atom stereocenters. The Balaban J connectivity index is 1.86. The molecule has 27 heavy (non-hydrogen) atoms.